The SMILES string of the molecule is [Cu].[O]=[Cr](=[O])([O-])[O][Cr](=[O])(=[O])[O-].[O]=[Cr](=[O])([O-])[O][Cr](=[O])(=[O])[O-]. The molecule has 19 heavy (non-hydrogen) atoms. The van der Waals surface area contributed by atoms with Gasteiger partial charge in [0.05, 0.1) is 0 Å². The first-order chi connectivity index (χ1) is 7.41. The van der Waals surface area contributed by atoms with Crippen molar-refractivity contribution in [3.8, 4) is 0 Å². The van der Waals surface area contributed by atoms with Crippen LogP contribution in [0.2, 0.25) is 0 Å². The van der Waals surface area contributed by atoms with Crippen LogP contribution in [-0.2, 0) is 108 Å². The summed E-state index contributed by atoms with van der Waals surface area (Å²) in [4.78, 5) is 0. The van der Waals surface area contributed by atoms with Crippen LogP contribution in [0, 0.1) is 0 Å². The molecule has 0 fully saturated rings. The third kappa shape index (κ3) is 32.4. The quantitative estimate of drug-likeness (QED) is 0.329. The standard InChI is InChI=1S/4Cr.Cu.14O/q;;;;;;;;;;;;;;;4*-1. The van der Waals surface area contributed by atoms with Crippen molar-refractivity contribution in [3.63, 3.8) is 0 Å². The summed E-state index contributed by atoms with van der Waals surface area (Å²) in [6.45, 7) is 0. The molecular formula is Cr4CuO14-4. The molecule has 0 N–H and O–H groups in total. The van der Waals surface area contributed by atoms with E-state index in [2.05, 4.69) is 5.68 Å². The molecule has 0 heterocycles. The Balaban J connectivity index is -0.000000256. The van der Waals surface area contributed by atoms with Crippen molar-refractivity contribution in [2.45, 2.75) is 0 Å². The molecule has 0 amide bonds. The van der Waals surface area contributed by atoms with Gasteiger partial charge in [-0.1, -0.05) is 0 Å². The Bertz CT molecular complexity index is 532. The molecule has 0 aromatic heterocycles. The molecule has 0 bridgehead atoms. The van der Waals surface area contributed by atoms with Gasteiger partial charge in [0.25, 0.3) is 0 Å². The van der Waals surface area contributed by atoms with Crippen LogP contribution < -0.4 is 16.6 Å². The molecule has 123 valence electrons. The topological polar surface area (TPSA) is 247 Å². The van der Waals surface area contributed by atoms with Gasteiger partial charge in [-0.25, -0.2) is 0 Å². The molecule has 0 atom stereocenters. The summed E-state index contributed by atoms with van der Waals surface area (Å²) in [5, 5.41) is 0. The van der Waals surface area contributed by atoms with E-state index < -0.39 is 54.5 Å². The van der Waals surface area contributed by atoms with E-state index in [1.807, 2.05) is 0 Å². The van der Waals surface area contributed by atoms with Crippen molar-refractivity contribution < 1.29 is 124 Å². The van der Waals surface area contributed by atoms with Crippen molar-refractivity contribution >= 4 is 0 Å². The molecule has 0 aliphatic heterocycles. The zero-order chi connectivity index (χ0) is 15.4. The second-order valence-corrected chi connectivity index (χ2v) is 9.05. The van der Waals surface area contributed by atoms with Crippen molar-refractivity contribution in [3.05, 3.63) is 0 Å². The van der Waals surface area contributed by atoms with Crippen LogP contribution in [0.3, 0.4) is 0 Å². The normalized spacial score (nSPS) is 12.8. The summed E-state index contributed by atoms with van der Waals surface area (Å²) in [7, 11) is 0. The third-order valence-corrected chi connectivity index (χ3v) is 5.67. The fourth-order valence-corrected chi connectivity index (χ4v) is 3.47. The second-order valence-electron chi connectivity index (χ2n) is 1.77. The van der Waals surface area contributed by atoms with Crippen molar-refractivity contribution in [2.75, 3.05) is 0 Å². The van der Waals surface area contributed by atoms with Gasteiger partial charge in [0, 0.05) is 17.1 Å². The fraction of sp³-hybridized carbons (Fsp3) is 0. The molecule has 14 nitrogen and oxygen atoms in total. The summed E-state index contributed by atoms with van der Waals surface area (Å²) in [5.41, 5.74) is 0. The average Bonchev–Trinajstić information content (AvgIpc) is 1.64. The molecule has 0 spiro atoms. The molecule has 0 aromatic rings. The zero-order valence-corrected chi connectivity index (χ0v) is 13.7. The Hall–Kier alpha value is 0.809. The predicted molar refractivity (Wildman–Crippen MR) is 7.66 cm³/mol. The van der Waals surface area contributed by atoms with Gasteiger partial charge in [-0.15, -0.1) is 0 Å². The molecule has 0 aliphatic carbocycles. The number of hydrogen-bond donors (Lipinski definition) is 0. The maximum absolute atomic E-state index is 9.38. The van der Waals surface area contributed by atoms with Gasteiger partial charge >= 0.3 is 107 Å². The molecule has 0 rings (SSSR count). The Morgan fingerprint density at radius 2 is 0.579 bits per heavy atom. The van der Waals surface area contributed by atoms with Gasteiger partial charge in [0.1, 0.15) is 0 Å². The fourth-order valence-electron chi connectivity index (χ4n) is 0.204. The molecule has 0 unspecified atom stereocenters. The van der Waals surface area contributed by atoms with E-state index in [0.29, 0.717) is 0 Å². The van der Waals surface area contributed by atoms with E-state index in [0.717, 1.165) is 0 Å². The molecule has 19 heteroatoms. The van der Waals surface area contributed by atoms with Crippen LogP contribution in [0.1, 0.15) is 0 Å². The summed E-state index contributed by atoms with van der Waals surface area (Å²) in [6.07, 6.45) is 0. The van der Waals surface area contributed by atoms with Gasteiger partial charge in [0.2, 0.25) is 0 Å². The maximum atomic E-state index is 9.38. The van der Waals surface area contributed by atoms with Gasteiger partial charge in [-0.3, -0.25) is 0 Å². The van der Waals surface area contributed by atoms with Gasteiger partial charge in [-0.2, -0.15) is 0 Å². The van der Waals surface area contributed by atoms with Crippen molar-refractivity contribution in [1.29, 1.82) is 0 Å². The molecular weight excluding hydrogens is 496 g/mol. The van der Waals surface area contributed by atoms with E-state index in [-0.39, 0.29) is 17.1 Å². The number of hydrogen-bond acceptors (Lipinski definition) is 14. The minimum absolute atomic E-state index is 0. The van der Waals surface area contributed by atoms with Gasteiger partial charge in [0.15, 0.2) is 0 Å². The van der Waals surface area contributed by atoms with Crippen LogP contribution >= 0.6 is 0 Å². The van der Waals surface area contributed by atoms with Gasteiger partial charge in [-0.05, 0) is 0 Å². The zero-order valence-electron chi connectivity index (χ0n) is 7.65. The van der Waals surface area contributed by atoms with Crippen molar-refractivity contribution in [1.82, 2.24) is 0 Å². The summed E-state index contributed by atoms with van der Waals surface area (Å²) < 4.78 is 118. The van der Waals surface area contributed by atoms with Crippen molar-refractivity contribution in [2.24, 2.45) is 0 Å². The average molecular weight is 496 g/mol. The molecule has 0 aliphatic rings. The molecule has 0 saturated heterocycles. The first-order valence-electron chi connectivity index (χ1n) is 2.67. The molecule has 0 aromatic carbocycles. The summed E-state index contributed by atoms with van der Waals surface area (Å²) in [5.74, 6) is 0. The van der Waals surface area contributed by atoms with Gasteiger partial charge < -0.3 is 0 Å². The number of rotatable bonds is 4. The van der Waals surface area contributed by atoms with Crippen LogP contribution in [0.5, 0.6) is 0 Å². The van der Waals surface area contributed by atoms with Crippen LogP contribution in [0.4, 0.5) is 0 Å². The minimum atomic E-state index is -6.07. The van der Waals surface area contributed by atoms with Crippen LogP contribution in [0.15, 0.2) is 0 Å². The predicted octanol–water partition coefficient (Wildman–Crippen LogP) is -5.86. The molecule has 0 saturated carbocycles. The Morgan fingerprint density at radius 3 is 0.579 bits per heavy atom. The first-order valence-corrected chi connectivity index (χ1v) is 11.0. The van der Waals surface area contributed by atoms with E-state index >= 15 is 0 Å². The summed E-state index contributed by atoms with van der Waals surface area (Å²) >= 11 is -24.3. The third-order valence-electron chi connectivity index (χ3n) is 0.333. The van der Waals surface area contributed by atoms with E-state index in [1.165, 1.54) is 0 Å². The first kappa shape index (κ1) is 24.8. The molecule has 1 radical (unpaired) electrons. The van der Waals surface area contributed by atoms with E-state index in [9.17, 15) is 47.1 Å². The van der Waals surface area contributed by atoms with E-state index in [1.54, 1.807) is 0 Å². The Labute approximate surface area is 123 Å². The Morgan fingerprint density at radius 1 is 0.474 bits per heavy atom. The Kier molecular flexibility index (Phi) is 10.8. The van der Waals surface area contributed by atoms with E-state index in [4.69, 9.17) is 0 Å². The second kappa shape index (κ2) is 8.30. The summed E-state index contributed by atoms with van der Waals surface area (Å²) in [6, 6.07) is 0. The monoisotopic (exact) mass is 495 g/mol. The van der Waals surface area contributed by atoms with Crippen LogP contribution in [-0.4, -0.2) is 0 Å². The van der Waals surface area contributed by atoms with Crippen LogP contribution in [0.25, 0.3) is 0 Å².